The molecule has 126 valence electrons. The first-order valence-electron chi connectivity index (χ1n) is 7.48. The molecule has 0 atom stereocenters. The topological polar surface area (TPSA) is 55.8 Å². The van der Waals surface area contributed by atoms with Gasteiger partial charge < -0.3 is 14.6 Å². The number of halogens is 1. The fourth-order valence-electron chi connectivity index (χ4n) is 2.27. The van der Waals surface area contributed by atoms with Gasteiger partial charge in [-0.15, -0.1) is 0 Å². The van der Waals surface area contributed by atoms with E-state index in [2.05, 4.69) is 6.07 Å². The quantitative estimate of drug-likeness (QED) is 0.592. The molecule has 0 saturated heterocycles. The molecule has 5 heteroatoms. The van der Waals surface area contributed by atoms with Crippen molar-refractivity contribution in [1.82, 2.24) is 0 Å². The maximum Gasteiger partial charge on any atom is 0.328 e. The van der Waals surface area contributed by atoms with Crippen molar-refractivity contribution in [3.8, 4) is 11.5 Å². The first kappa shape index (κ1) is 17.9. The summed E-state index contributed by atoms with van der Waals surface area (Å²) in [6, 6.07) is 11.1. The molecular weight excluding hydrogens is 328 g/mol. The molecule has 24 heavy (non-hydrogen) atoms. The van der Waals surface area contributed by atoms with E-state index in [0.717, 1.165) is 23.0 Å². The molecule has 0 spiro atoms. The number of hydrogen-bond donors (Lipinski definition) is 1. The summed E-state index contributed by atoms with van der Waals surface area (Å²) < 4.78 is 11.4. The van der Waals surface area contributed by atoms with E-state index < -0.39 is 5.97 Å². The molecule has 0 saturated carbocycles. The highest BCUT2D eigenvalue weighted by Crippen LogP contribution is 2.24. The molecule has 0 unspecified atom stereocenters. The first-order chi connectivity index (χ1) is 11.4. The standard InChI is InChI=1S/C19H19ClO4/c1-13-9-14(2)11-17(10-13)23-7-8-24-18-5-4-16(20)12-15(18)3-6-19(21)22/h3-6,9-12H,7-8H2,1-2H3,(H,21,22). The Balaban J connectivity index is 1.95. The number of carboxylic acid groups (broad SMARTS) is 1. The Labute approximate surface area is 146 Å². The van der Waals surface area contributed by atoms with E-state index in [1.165, 1.54) is 6.08 Å². The van der Waals surface area contributed by atoms with Crippen molar-refractivity contribution in [2.45, 2.75) is 13.8 Å². The molecule has 2 aromatic carbocycles. The van der Waals surface area contributed by atoms with Gasteiger partial charge in [0.2, 0.25) is 0 Å². The third-order valence-electron chi connectivity index (χ3n) is 3.18. The van der Waals surface area contributed by atoms with Gasteiger partial charge in [0, 0.05) is 16.7 Å². The number of hydrogen-bond acceptors (Lipinski definition) is 3. The minimum atomic E-state index is -1.03. The van der Waals surface area contributed by atoms with Crippen LogP contribution in [-0.2, 0) is 4.79 Å². The zero-order valence-corrected chi connectivity index (χ0v) is 14.3. The van der Waals surface area contributed by atoms with Crippen LogP contribution < -0.4 is 9.47 Å². The molecule has 0 heterocycles. The molecule has 0 fully saturated rings. The molecule has 0 aromatic heterocycles. The Morgan fingerprint density at radius 2 is 1.75 bits per heavy atom. The Morgan fingerprint density at radius 1 is 1.08 bits per heavy atom. The van der Waals surface area contributed by atoms with Crippen molar-refractivity contribution in [3.63, 3.8) is 0 Å². The number of carbonyl (C=O) groups is 1. The molecule has 1 N–H and O–H groups in total. The third kappa shape index (κ3) is 5.63. The lowest BCUT2D eigenvalue weighted by atomic mass is 10.1. The Hall–Kier alpha value is -2.46. The van der Waals surface area contributed by atoms with E-state index in [-0.39, 0.29) is 0 Å². The van der Waals surface area contributed by atoms with Gasteiger partial charge in [-0.1, -0.05) is 17.7 Å². The largest absolute Gasteiger partial charge is 0.490 e. The van der Waals surface area contributed by atoms with Crippen LogP contribution in [0.1, 0.15) is 16.7 Å². The van der Waals surface area contributed by atoms with Crippen molar-refractivity contribution in [2.24, 2.45) is 0 Å². The molecule has 0 radical (unpaired) electrons. The van der Waals surface area contributed by atoms with Gasteiger partial charge in [-0.05, 0) is 61.4 Å². The summed E-state index contributed by atoms with van der Waals surface area (Å²) in [5, 5.41) is 9.25. The predicted molar refractivity (Wildman–Crippen MR) is 95.0 cm³/mol. The monoisotopic (exact) mass is 346 g/mol. The lowest BCUT2D eigenvalue weighted by Gasteiger charge is -2.11. The number of aryl methyl sites for hydroxylation is 2. The van der Waals surface area contributed by atoms with Crippen LogP contribution in [0.4, 0.5) is 0 Å². The van der Waals surface area contributed by atoms with Gasteiger partial charge in [-0.25, -0.2) is 4.79 Å². The highest BCUT2D eigenvalue weighted by molar-refractivity contribution is 6.30. The Kier molecular flexibility index (Phi) is 6.27. The van der Waals surface area contributed by atoms with E-state index >= 15 is 0 Å². The van der Waals surface area contributed by atoms with Crippen LogP contribution in [0.2, 0.25) is 5.02 Å². The zero-order chi connectivity index (χ0) is 17.5. The number of ether oxygens (including phenoxy) is 2. The smallest absolute Gasteiger partial charge is 0.328 e. The van der Waals surface area contributed by atoms with Gasteiger partial charge in [0.05, 0.1) is 0 Å². The maximum absolute atomic E-state index is 10.7. The molecular formula is C19H19ClO4. The SMILES string of the molecule is Cc1cc(C)cc(OCCOc2ccc(Cl)cc2C=CC(=O)O)c1. The Bertz CT molecular complexity index is 733. The van der Waals surface area contributed by atoms with Gasteiger partial charge in [0.15, 0.2) is 0 Å². The Morgan fingerprint density at radius 3 is 2.42 bits per heavy atom. The molecule has 2 rings (SSSR count). The van der Waals surface area contributed by atoms with E-state index in [0.29, 0.717) is 29.5 Å². The zero-order valence-electron chi connectivity index (χ0n) is 13.6. The normalized spacial score (nSPS) is 10.8. The molecule has 0 aliphatic rings. The summed E-state index contributed by atoms with van der Waals surface area (Å²) in [4.78, 5) is 10.7. The molecule has 0 aliphatic carbocycles. The van der Waals surface area contributed by atoms with Gasteiger partial charge in [-0.2, -0.15) is 0 Å². The van der Waals surface area contributed by atoms with Crippen LogP contribution in [0, 0.1) is 13.8 Å². The lowest BCUT2D eigenvalue weighted by molar-refractivity contribution is -0.131. The average Bonchev–Trinajstić information content (AvgIpc) is 2.50. The van der Waals surface area contributed by atoms with E-state index in [1.54, 1.807) is 18.2 Å². The van der Waals surface area contributed by atoms with E-state index in [9.17, 15) is 4.79 Å². The molecule has 0 amide bonds. The molecule has 0 aliphatic heterocycles. The second kappa shape index (κ2) is 8.41. The van der Waals surface area contributed by atoms with Crippen LogP contribution in [0.5, 0.6) is 11.5 Å². The number of benzene rings is 2. The summed E-state index contributed by atoms with van der Waals surface area (Å²) in [5.74, 6) is 0.332. The second-order valence-corrected chi connectivity index (χ2v) is 5.81. The van der Waals surface area contributed by atoms with Crippen molar-refractivity contribution in [2.75, 3.05) is 13.2 Å². The summed E-state index contributed by atoms with van der Waals surface area (Å²) in [6.07, 6.45) is 2.50. The molecule has 2 aromatic rings. The number of rotatable bonds is 7. The van der Waals surface area contributed by atoms with Crippen LogP contribution in [0.25, 0.3) is 6.08 Å². The van der Waals surface area contributed by atoms with Crippen LogP contribution >= 0.6 is 11.6 Å². The van der Waals surface area contributed by atoms with Gasteiger partial charge >= 0.3 is 5.97 Å². The summed E-state index contributed by atoms with van der Waals surface area (Å²) in [6.45, 7) is 4.76. The average molecular weight is 347 g/mol. The van der Waals surface area contributed by atoms with E-state index in [4.69, 9.17) is 26.2 Å². The highest BCUT2D eigenvalue weighted by Gasteiger charge is 2.04. The summed E-state index contributed by atoms with van der Waals surface area (Å²) in [7, 11) is 0. The summed E-state index contributed by atoms with van der Waals surface area (Å²) >= 11 is 5.94. The van der Waals surface area contributed by atoms with Crippen molar-refractivity contribution < 1.29 is 19.4 Å². The minimum absolute atomic E-state index is 0.336. The number of aliphatic carboxylic acids is 1. The van der Waals surface area contributed by atoms with Gasteiger partial charge in [0.1, 0.15) is 24.7 Å². The van der Waals surface area contributed by atoms with Gasteiger partial charge in [0.25, 0.3) is 0 Å². The third-order valence-corrected chi connectivity index (χ3v) is 3.42. The fraction of sp³-hybridized carbons (Fsp3) is 0.211. The van der Waals surface area contributed by atoms with Crippen molar-refractivity contribution >= 4 is 23.6 Å². The second-order valence-electron chi connectivity index (χ2n) is 5.37. The summed E-state index contributed by atoms with van der Waals surface area (Å²) in [5.41, 5.74) is 2.89. The molecule has 0 bridgehead atoms. The maximum atomic E-state index is 10.7. The van der Waals surface area contributed by atoms with Crippen LogP contribution in [0.3, 0.4) is 0 Å². The van der Waals surface area contributed by atoms with Gasteiger partial charge in [-0.3, -0.25) is 0 Å². The van der Waals surface area contributed by atoms with E-state index in [1.807, 2.05) is 26.0 Å². The van der Waals surface area contributed by atoms with Crippen LogP contribution in [0.15, 0.2) is 42.5 Å². The minimum Gasteiger partial charge on any atom is -0.490 e. The predicted octanol–water partition coefficient (Wildman–Crippen LogP) is 4.51. The highest BCUT2D eigenvalue weighted by atomic mass is 35.5. The fourth-order valence-corrected chi connectivity index (χ4v) is 2.45. The van der Waals surface area contributed by atoms with Crippen LogP contribution in [-0.4, -0.2) is 24.3 Å². The lowest BCUT2D eigenvalue weighted by Crippen LogP contribution is -2.09. The van der Waals surface area contributed by atoms with Crippen molar-refractivity contribution in [1.29, 1.82) is 0 Å². The molecule has 4 nitrogen and oxygen atoms in total. The first-order valence-corrected chi connectivity index (χ1v) is 7.86. The number of carboxylic acids is 1. The van der Waals surface area contributed by atoms with Crippen molar-refractivity contribution in [3.05, 3.63) is 64.2 Å².